The largest absolute Gasteiger partial charge is 0.394 e. The third-order valence-electron chi connectivity index (χ3n) is 0. The Morgan fingerprint density at radius 3 is 0.615 bits per heavy atom. The maximum absolute atomic E-state index is 8.74. The molecule has 0 amide bonds. The predicted octanol–water partition coefficient (Wildman–Crippen LogP) is -0.984. The van der Waals surface area contributed by atoms with Gasteiger partial charge in [0.1, 0.15) is 0 Å². The molecule has 0 spiro atoms. The van der Waals surface area contributed by atoms with Gasteiger partial charge in [-0.1, -0.05) is 0 Å². The summed E-state index contributed by atoms with van der Waals surface area (Å²) in [4.78, 5) is 0. The van der Waals surface area contributed by atoms with E-state index in [9.17, 15) is 0 Å². The van der Waals surface area contributed by atoms with Crippen LogP contribution in [0.1, 0.15) is 0 Å². The molecule has 0 aromatic heterocycles. The van der Waals surface area contributed by atoms with Crippen molar-refractivity contribution in [3.8, 4) is 0 Å². The van der Waals surface area contributed by atoms with Crippen molar-refractivity contribution in [2.75, 3.05) is 0 Å². The van der Waals surface area contributed by atoms with Crippen LogP contribution in [-0.2, 0) is 47.0 Å². The molecule has 0 heterocycles. The van der Waals surface area contributed by atoms with Crippen LogP contribution in [0.25, 0.3) is 0 Å². The van der Waals surface area contributed by atoms with Gasteiger partial charge in [0.25, 0.3) is 0 Å². The fraction of sp³-hybridized carbons (Fsp3) is 0. The molecule has 0 saturated heterocycles. The van der Waals surface area contributed by atoms with Gasteiger partial charge in [-0.05, 0) is 0 Å². The molecule has 0 bridgehead atoms. The topological polar surface area (TPSA) is 219 Å². The molecule has 10 nitrogen and oxygen atoms in total. The Bertz CT molecular complexity index is 217. The second-order valence-corrected chi connectivity index (χ2v) is 2.69. The van der Waals surface area contributed by atoms with Crippen LogP contribution in [0, 0.1) is 0 Å². The van der Waals surface area contributed by atoms with Crippen LogP contribution >= 0.6 is 0 Å². The quantitative estimate of drug-likeness (QED) is 0.299. The zero-order chi connectivity index (χ0) is 9.00. The van der Waals surface area contributed by atoms with Crippen molar-refractivity contribution in [2.45, 2.75) is 0 Å². The Balaban J connectivity index is -0.0000000267. The van der Waals surface area contributed by atoms with Gasteiger partial charge < -0.3 is 12.3 Å². The van der Waals surface area contributed by atoms with Crippen LogP contribution in [-0.4, -0.2) is 35.0 Å². The Morgan fingerprint density at radius 2 is 0.615 bits per heavy atom. The normalized spacial score (nSPS) is 8.92. The van der Waals surface area contributed by atoms with E-state index in [1.807, 2.05) is 0 Å². The SMILES string of the molecule is N.N.O=S(=O)(O)O.O=S(=O)(O)O.[Zr]. The van der Waals surface area contributed by atoms with Crippen molar-refractivity contribution >= 4 is 20.8 Å². The van der Waals surface area contributed by atoms with Crippen LogP contribution in [0.4, 0.5) is 0 Å². The van der Waals surface area contributed by atoms with E-state index in [0.717, 1.165) is 0 Å². The van der Waals surface area contributed by atoms with Gasteiger partial charge in [-0.25, -0.2) is 0 Å². The minimum atomic E-state index is -4.67. The van der Waals surface area contributed by atoms with E-state index in [1.54, 1.807) is 0 Å². The van der Waals surface area contributed by atoms with E-state index in [2.05, 4.69) is 0 Å². The minimum Gasteiger partial charge on any atom is -0.344 e. The Morgan fingerprint density at radius 1 is 0.615 bits per heavy atom. The Labute approximate surface area is 94.2 Å². The van der Waals surface area contributed by atoms with Gasteiger partial charge in [0.05, 0.1) is 0 Å². The molecule has 10 N–H and O–H groups in total. The molecule has 13 heteroatoms. The van der Waals surface area contributed by atoms with Crippen LogP contribution in [0.5, 0.6) is 0 Å². The second kappa shape index (κ2) is 10.6. The number of hydrogen-bond donors (Lipinski definition) is 6. The molecule has 0 radical (unpaired) electrons. The molecule has 0 unspecified atom stereocenters. The fourth-order valence-corrected chi connectivity index (χ4v) is 0. The monoisotopic (exact) mass is 320 g/mol. The maximum Gasteiger partial charge on any atom is 0.394 e. The van der Waals surface area contributed by atoms with Gasteiger partial charge in [-0.2, -0.15) is 16.8 Å². The van der Waals surface area contributed by atoms with E-state index in [4.69, 9.17) is 35.0 Å². The van der Waals surface area contributed by atoms with Gasteiger partial charge in [-0.15, -0.1) is 0 Å². The molecule has 0 aromatic carbocycles. The number of hydrogen-bond acceptors (Lipinski definition) is 6. The first-order valence-electron chi connectivity index (χ1n) is 1.40. The molecule has 0 aromatic rings. The summed E-state index contributed by atoms with van der Waals surface area (Å²) in [6.07, 6.45) is 0. The molecule has 13 heavy (non-hydrogen) atoms. The van der Waals surface area contributed by atoms with E-state index >= 15 is 0 Å². The van der Waals surface area contributed by atoms with Gasteiger partial charge in [-0.3, -0.25) is 18.2 Å². The molecule has 0 fully saturated rings. The van der Waals surface area contributed by atoms with Crippen molar-refractivity contribution in [3.05, 3.63) is 0 Å². The summed E-state index contributed by atoms with van der Waals surface area (Å²) in [6.45, 7) is 0. The molecular formula is H10N2O8S2Zr. The van der Waals surface area contributed by atoms with Gasteiger partial charge >= 0.3 is 20.8 Å². The average Bonchev–Trinajstić information content (AvgIpc) is 1.12. The first kappa shape index (κ1) is 29.2. The summed E-state index contributed by atoms with van der Waals surface area (Å²) in [7, 11) is -9.33. The molecule has 0 aliphatic heterocycles. The van der Waals surface area contributed by atoms with Gasteiger partial charge in [0, 0.05) is 26.2 Å². The van der Waals surface area contributed by atoms with E-state index in [-0.39, 0.29) is 38.5 Å². The van der Waals surface area contributed by atoms with Crippen LogP contribution < -0.4 is 12.3 Å². The summed E-state index contributed by atoms with van der Waals surface area (Å²) in [5.74, 6) is 0. The second-order valence-electron chi connectivity index (χ2n) is 0.896. The molecular weight excluding hydrogens is 311 g/mol. The first-order valence-corrected chi connectivity index (χ1v) is 4.19. The zero-order valence-electron chi connectivity index (χ0n) is 6.15. The Kier molecular flexibility index (Phi) is 23.9. The van der Waals surface area contributed by atoms with Crippen LogP contribution in [0.15, 0.2) is 0 Å². The standard InChI is InChI=1S/2H3N.2H2O4S.Zr/c;;2*1-5(2,3)4;/h2*1H3;2*(H2,1,2,3,4);. The van der Waals surface area contributed by atoms with E-state index in [1.165, 1.54) is 0 Å². The first-order chi connectivity index (χ1) is 4.00. The summed E-state index contributed by atoms with van der Waals surface area (Å²) in [5.41, 5.74) is 0. The van der Waals surface area contributed by atoms with E-state index in [0.29, 0.717) is 0 Å². The third-order valence-corrected chi connectivity index (χ3v) is 0. The Hall–Kier alpha value is 0.543. The molecule has 0 aliphatic rings. The smallest absolute Gasteiger partial charge is 0.344 e. The number of rotatable bonds is 0. The summed E-state index contributed by atoms with van der Waals surface area (Å²) in [6, 6.07) is 0. The van der Waals surface area contributed by atoms with Crippen molar-refractivity contribution in [1.29, 1.82) is 0 Å². The molecule has 0 atom stereocenters. The van der Waals surface area contributed by atoms with Crippen molar-refractivity contribution in [3.63, 3.8) is 0 Å². The van der Waals surface area contributed by atoms with Crippen molar-refractivity contribution in [2.24, 2.45) is 0 Å². The summed E-state index contributed by atoms with van der Waals surface area (Å²) < 4.78 is 63.2. The average molecular weight is 321 g/mol. The summed E-state index contributed by atoms with van der Waals surface area (Å²) in [5, 5.41) is 0. The van der Waals surface area contributed by atoms with Crippen LogP contribution in [0.2, 0.25) is 0 Å². The van der Waals surface area contributed by atoms with E-state index < -0.39 is 20.8 Å². The summed E-state index contributed by atoms with van der Waals surface area (Å²) >= 11 is 0. The molecule has 84 valence electrons. The fourth-order valence-electron chi connectivity index (χ4n) is 0. The van der Waals surface area contributed by atoms with Crippen LogP contribution in [0.3, 0.4) is 0 Å². The molecule has 0 aliphatic carbocycles. The minimum absolute atomic E-state index is 0. The third kappa shape index (κ3) is 4730. The maximum atomic E-state index is 8.74. The zero-order valence-corrected chi connectivity index (χ0v) is 10.2. The van der Waals surface area contributed by atoms with Gasteiger partial charge in [0.15, 0.2) is 0 Å². The van der Waals surface area contributed by atoms with Crippen molar-refractivity contribution in [1.82, 2.24) is 12.3 Å². The van der Waals surface area contributed by atoms with Gasteiger partial charge in [0.2, 0.25) is 0 Å². The molecule has 0 rings (SSSR count). The molecule has 0 saturated carbocycles. The van der Waals surface area contributed by atoms with Crippen molar-refractivity contribution < 1.29 is 61.3 Å². The predicted molar refractivity (Wildman–Crippen MR) is 38.4 cm³/mol.